The average molecular weight is 375 g/mol. The van der Waals surface area contributed by atoms with Crippen molar-refractivity contribution in [2.45, 2.75) is 71.4 Å². The molecule has 1 amide bonds. The Bertz CT molecular complexity index is 545. The van der Waals surface area contributed by atoms with Crippen molar-refractivity contribution in [3.05, 3.63) is 35.1 Å². The van der Waals surface area contributed by atoms with E-state index in [0.29, 0.717) is 19.2 Å². The summed E-state index contributed by atoms with van der Waals surface area (Å²) in [5.74, 6) is -1.57. The van der Waals surface area contributed by atoms with Gasteiger partial charge in [-0.25, -0.2) is 4.39 Å². The monoisotopic (exact) mass is 375 g/mol. The van der Waals surface area contributed by atoms with Crippen molar-refractivity contribution >= 4 is 5.91 Å². The first-order valence-electron chi connectivity index (χ1n) is 9.46. The lowest BCUT2D eigenvalue weighted by Crippen LogP contribution is -2.33. The number of amides is 1. The second-order valence-corrected chi connectivity index (χ2v) is 6.64. The predicted octanol–water partition coefficient (Wildman–Crippen LogP) is 6.45. The van der Waals surface area contributed by atoms with E-state index in [9.17, 15) is 22.4 Å². The van der Waals surface area contributed by atoms with E-state index in [-0.39, 0.29) is 5.56 Å². The number of benzene rings is 1. The molecule has 26 heavy (non-hydrogen) atoms. The first-order chi connectivity index (χ1) is 12.3. The molecule has 0 radical (unpaired) electrons. The SMILES string of the molecule is CCCCCCN(CCCCCC)C(=O)c1cc(F)cc(C(F)(F)F)c1. The van der Waals surface area contributed by atoms with Gasteiger partial charge >= 0.3 is 6.18 Å². The Kier molecular flexibility index (Phi) is 9.66. The van der Waals surface area contributed by atoms with Crippen molar-refractivity contribution in [3.8, 4) is 0 Å². The number of alkyl halides is 3. The fraction of sp³-hybridized carbons (Fsp3) is 0.650. The standard InChI is InChI=1S/C20H29F4NO/c1-3-5-7-9-11-25(12-10-8-6-4-2)19(26)16-13-17(20(22,23)24)15-18(21)14-16/h13-15H,3-12H2,1-2H3. The third-order valence-electron chi connectivity index (χ3n) is 4.32. The highest BCUT2D eigenvalue weighted by atomic mass is 19.4. The van der Waals surface area contributed by atoms with E-state index < -0.39 is 23.5 Å². The Hall–Kier alpha value is -1.59. The second kappa shape index (κ2) is 11.2. The van der Waals surface area contributed by atoms with Crippen molar-refractivity contribution in [1.82, 2.24) is 4.90 Å². The Balaban J connectivity index is 2.89. The van der Waals surface area contributed by atoms with Crippen LogP contribution in [0.1, 0.15) is 81.1 Å². The van der Waals surface area contributed by atoms with E-state index in [4.69, 9.17) is 0 Å². The molecule has 0 saturated carbocycles. The zero-order chi connectivity index (χ0) is 19.6. The Morgan fingerprint density at radius 1 is 0.885 bits per heavy atom. The molecule has 0 atom stereocenters. The molecule has 0 aliphatic carbocycles. The van der Waals surface area contributed by atoms with Gasteiger partial charge in [-0.1, -0.05) is 52.4 Å². The Labute approximate surface area is 153 Å². The molecule has 0 N–H and O–H groups in total. The minimum Gasteiger partial charge on any atom is -0.339 e. The third kappa shape index (κ3) is 7.75. The maximum Gasteiger partial charge on any atom is 0.416 e. The number of nitrogens with zero attached hydrogens (tertiary/aromatic N) is 1. The van der Waals surface area contributed by atoms with Crippen LogP contribution >= 0.6 is 0 Å². The molecule has 6 heteroatoms. The minimum absolute atomic E-state index is 0.233. The molecule has 1 aromatic rings. The highest BCUT2D eigenvalue weighted by Gasteiger charge is 2.32. The van der Waals surface area contributed by atoms with E-state index >= 15 is 0 Å². The molecule has 1 aromatic carbocycles. The molecule has 0 spiro atoms. The summed E-state index contributed by atoms with van der Waals surface area (Å²) in [5.41, 5.74) is -1.36. The maximum atomic E-state index is 13.6. The van der Waals surface area contributed by atoms with E-state index in [1.165, 1.54) is 0 Å². The number of halogens is 4. The van der Waals surface area contributed by atoms with Crippen LogP contribution in [-0.4, -0.2) is 23.9 Å². The fourth-order valence-corrected chi connectivity index (χ4v) is 2.83. The molecule has 1 rings (SSSR count). The minimum atomic E-state index is -4.68. The molecular formula is C20H29F4NO. The highest BCUT2D eigenvalue weighted by Crippen LogP contribution is 2.30. The van der Waals surface area contributed by atoms with Crippen LogP contribution in [-0.2, 0) is 6.18 Å². The van der Waals surface area contributed by atoms with E-state index in [2.05, 4.69) is 13.8 Å². The van der Waals surface area contributed by atoms with Crippen molar-refractivity contribution in [2.24, 2.45) is 0 Å². The number of carbonyl (C=O) groups excluding carboxylic acids is 1. The van der Waals surface area contributed by atoms with Crippen LogP contribution in [0.15, 0.2) is 18.2 Å². The zero-order valence-corrected chi connectivity index (χ0v) is 15.7. The largest absolute Gasteiger partial charge is 0.416 e. The summed E-state index contributed by atoms with van der Waals surface area (Å²) in [6.45, 7) is 5.14. The van der Waals surface area contributed by atoms with Gasteiger partial charge in [0.2, 0.25) is 0 Å². The van der Waals surface area contributed by atoms with Gasteiger partial charge in [0.1, 0.15) is 5.82 Å². The molecular weight excluding hydrogens is 346 g/mol. The third-order valence-corrected chi connectivity index (χ3v) is 4.32. The molecule has 0 heterocycles. The maximum absolute atomic E-state index is 13.6. The molecule has 0 fully saturated rings. The van der Waals surface area contributed by atoms with Crippen LogP contribution in [0.25, 0.3) is 0 Å². The van der Waals surface area contributed by atoms with Crippen molar-refractivity contribution < 1.29 is 22.4 Å². The lowest BCUT2D eigenvalue weighted by molar-refractivity contribution is -0.137. The van der Waals surface area contributed by atoms with Crippen molar-refractivity contribution in [3.63, 3.8) is 0 Å². The van der Waals surface area contributed by atoms with Crippen molar-refractivity contribution in [2.75, 3.05) is 13.1 Å². The topological polar surface area (TPSA) is 20.3 Å². The van der Waals surface area contributed by atoms with Crippen LogP contribution in [0.5, 0.6) is 0 Å². The molecule has 0 saturated heterocycles. The number of hydrogen-bond acceptors (Lipinski definition) is 1. The normalized spacial score (nSPS) is 11.6. The fourth-order valence-electron chi connectivity index (χ4n) is 2.83. The van der Waals surface area contributed by atoms with Crippen LogP contribution in [0.2, 0.25) is 0 Å². The molecule has 0 aromatic heterocycles. The lowest BCUT2D eigenvalue weighted by Gasteiger charge is -2.23. The number of carbonyl (C=O) groups is 1. The van der Waals surface area contributed by atoms with Crippen LogP contribution in [0, 0.1) is 5.82 Å². The average Bonchev–Trinajstić information content (AvgIpc) is 2.58. The van der Waals surface area contributed by atoms with Crippen LogP contribution in [0.3, 0.4) is 0 Å². The van der Waals surface area contributed by atoms with Gasteiger partial charge in [-0.3, -0.25) is 4.79 Å². The first-order valence-corrected chi connectivity index (χ1v) is 9.46. The van der Waals surface area contributed by atoms with Gasteiger partial charge in [0.05, 0.1) is 5.56 Å². The summed E-state index contributed by atoms with van der Waals surface area (Å²) >= 11 is 0. The van der Waals surface area contributed by atoms with Gasteiger partial charge < -0.3 is 4.90 Å². The summed E-state index contributed by atoms with van der Waals surface area (Å²) in [4.78, 5) is 14.3. The van der Waals surface area contributed by atoms with E-state index in [1.807, 2.05) is 0 Å². The van der Waals surface area contributed by atoms with Crippen LogP contribution in [0.4, 0.5) is 17.6 Å². The van der Waals surface area contributed by atoms with Gasteiger partial charge in [0.25, 0.3) is 5.91 Å². The van der Waals surface area contributed by atoms with Gasteiger partial charge in [-0.05, 0) is 31.0 Å². The van der Waals surface area contributed by atoms with Crippen LogP contribution < -0.4 is 0 Å². The molecule has 0 aliphatic rings. The predicted molar refractivity (Wildman–Crippen MR) is 95.6 cm³/mol. The highest BCUT2D eigenvalue weighted by molar-refractivity contribution is 5.94. The summed E-state index contributed by atoms with van der Waals surface area (Å²) in [7, 11) is 0. The number of unbranched alkanes of at least 4 members (excludes halogenated alkanes) is 6. The Morgan fingerprint density at radius 3 is 1.88 bits per heavy atom. The van der Waals surface area contributed by atoms with E-state index in [0.717, 1.165) is 63.5 Å². The summed E-state index contributed by atoms with van der Waals surface area (Å²) < 4.78 is 52.3. The number of rotatable bonds is 11. The van der Waals surface area contributed by atoms with Gasteiger partial charge in [-0.2, -0.15) is 13.2 Å². The lowest BCUT2D eigenvalue weighted by atomic mass is 10.1. The zero-order valence-electron chi connectivity index (χ0n) is 15.7. The summed E-state index contributed by atoms with van der Waals surface area (Å²) in [6, 6.07) is 2.06. The van der Waals surface area contributed by atoms with Crippen molar-refractivity contribution in [1.29, 1.82) is 0 Å². The smallest absolute Gasteiger partial charge is 0.339 e. The van der Waals surface area contributed by atoms with Gasteiger partial charge in [0, 0.05) is 18.7 Å². The molecule has 0 unspecified atom stereocenters. The summed E-state index contributed by atoms with van der Waals surface area (Å²) in [6.07, 6.45) is 3.07. The van der Waals surface area contributed by atoms with Gasteiger partial charge in [0.15, 0.2) is 0 Å². The molecule has 2 nitrogen and oxygen atoms in total. The van der Waals surface area contributed by atoms with Gasteiger partial charge in [-0.15, -0.1) is 0 Å². The van der Waals surface area contributed by atoms with E-state index in [1.54, 1.807) is 4.90 Å². The first kappa shape index (κ1) is 22.5. The number of hydrogen-bond donors (Lipinski definition) is 0. The Morgan fingerprint density at radius 2 is 1.42 bits per heavy atom. The molecule has 148 valence electrons. The molecule has 0 aliphatic heterocycles. The summed E-state index contributed by atoms with van der Waals surface area (Å²) in [5, 5.41) is 0. The second-order valence-electron chi connectivity index (χ2n) is 6.64. The quantitative estimate of drug-likeness (QED) is 0.322. The molecule has 0 bridgehead atoms.